The topological polar surface area (TPSA) is 102 Å². The Bertz CT molecular complexity index is 1290. The molecule has 1 aliphatic rings. The Morgan fingerprint density at radius 1 is 1.29 bits per heavy atom. The van der Waals surface area contributed by atoms with E-state index >= 15 is 0 Å². The van der Waals surface area contributed by atoms with Gasteiger partial charge in [-0.3, -0.25) is 4.79 Å². The molecule has 1 aromatic carbocycles. The number of aromatic nitrogens is 2. The Morgan fingerprint density at radius 2 is 2.03 bits per heavy atom. The molecule has 7 nitrogen and oxygen atoms in total. The van der Waals surface area contributed by atoms with Gasteiger partial charge in [0.15, 0.2) is 0 Å². The van der Waals surface area contributed by atoms with Crippen molar-refractivity contribution in [1.29, 1.82) is 0 Å². The second-order valence-electron chi connectivity index (χ2n) is 8.65. The molecule has 1 fully saturated rings. The number of halogens is 2. The number of hydrogen-bond acceptors (Lipinski definition) is 5. The van der Waals surface area contributed by atoms with E-state index in [0.717, 1.165) is 32.1 Å². The van der Waals surface area contributed by atoms with Gasteiger partial charge in [-0.15, -0.1) is 0 Å². The molecule has 0 saturated heterocycles. The highest BCUT2D eigenvalue weighted by atomic mass is 35.5. The number of carbonyl (C=O) groups is 1. The van der Waals surface area contributed by atoms with Crippen LogP contribution in [0, 0.1) is 11.7 Å². The van der Waals surface area contributed by atoms with Gasteiger partial charge in [-0.25, -0.2) is 9.18 Å². The number of carboxylic acid groups (broad SMARTS) is 1. The van der Waals surface area contributed by atoms with Crippen LogP contribution in [0.25, 0.3) is 11.0 Å². The van der Waals surface area contributed by atoms with E-state index in [9.17, 15) is 24.2 Å². The van der Waals surface area contributed by atoms with Gasteiger partial charge < -0.3 is 19.5 Å². The molecule has 1 saturated carbocycles. The summed E-state index contributed by atoms with van der Waals surface area (Å²) in [5, 5.41) is 20.0. The van der Waals surface area contributed by atoms with Gasteiger partial charge in [0.05, 0.1) is 30.2 Å². The third-order valence-corrected chi connectivity index (χ3v) is 6.91. The summed E-state index contributed by atoms with van der Waals surface area (Å²) >= 11 is 5.91. The number of pyridine rings is 2. The summed E-state index contributed by atoms with van der Waals surface area (Å²) in [4.78, 5) is 29.6. The molecule has 34 heavy (non-hydrogen) atoms. The molecule has 1 aliphatic carbocycles. The van der Waals surface area contributed by atoms with Crippen LogP contribution in [-0.2, 0) is 6.42 Å². The molecule has 4 rings (SSSR count). The zero-order chi connectivity index (χ0) is 24.4. The third-order valence-electron chi connectivity index (χ3n) is 6.62. The molecule has 0 bridgehead atoms. The molecule has 0 aliphatic heterocycles. The highest BCUT2D eigenvalue weighted by Crippen LogP contribution is 2.35. The first kappa shape index (κ1) is 24.2. The molecular weight excluding hydrogens is 463 g/mol. The molecule has 180 valence electrons. The molecule has 3 aromatic rings. The lowest BCUT2D eigenvalue weighted by molar-refractivity contribution is 0.0693. The molecule has 1 unspecified atom stereocenters. The van der Waals surface area contributed by atoms with E-state index < -0.39 is 28.8 Å². The van der Waals surface area contributed by atoms with E-state index in [4.69, 9.17) is 16.3 Å². The lowest BCUT2D eigenvalue weighted by atomic mass is 9.84. The van der Waals surface area contributed by atoms with Crippen LogP contribution in [0.4, 0.5) is 4.39 Å². The molecule has 2 N–H and O–H groups in total. The first-order valence-electron chi connectivity index (χ1n) is 11.3. The van der Waals surface area contributed by atoms with Gasteiger partial charge in [0.25, 0.3) is 0 Å². The van der Waals surface area contributed by atoms with Crippen LogP contribution in [-0.4, -0.2) is 39.5 Å². The standard InChI is InChI=1S/C25H26ClFN2O5/c1-34-24-16(10-15-8-5-9-19(26)21(15)27)11-17-22(31)18(25(32)33)12-29(23(17)28-24)20(13-30)14-6-3-2-4-7-14/h5,8-9,11-12,14,20,30H,2-4,6-7,10,13H2,1H3,(H,32,33). The number of methoxy groups -OCH3 is 1. The van der Waals surface area contributed by atoms with Crippen molar-refractivity contribution in [1.82, 2.24) is 9.55 Å². The van der Waals surface area contributed by atoms with Crippen LogP contribution in [0.15, 0.2) is 35.3 Å². The quantitative estimate of drug-likeness (QED) is 0.504. The van der Waals surface area contributed by atoms with Crippen molar-refractivity contribution in [2.45, 2.75) is 44.6 Å². The van der Waals surface area contributed by atoms with Gasteiger partial charge in [0.1, 0.15) is 17.0 Å². The Kier molecular flexibility index (Phi) is 7.19. The number of rotatable bonds is 7. The lowest BCUT2D eigenvalue weighted by Gasteiger charge is -2.31. The normalized spacial score (nSPS) is 15.4. The molecule has 9 heteroatoms. The number of hydrogen-bond donors (Lipinski definition) is 2. The third kappa shape index (κ3) is 4.52. The Labute approximate surface area is 200 Å². The Balaban J connectivity index is 1.93. The van der Waals surface area contributed by atoms with E-state index in [1.807, 2.05) is 0 Å². The van der Waals surface area contributed by atoms with Gasteiger partial charge in [0, 0.05) is 18.2 Å². The first-order chi connectivity index (χ1) is 16.3. The second-order valence-corrected chi connectivity index (χ2v) is 9.06. The van der Waals surface area contributed by atoms with Crippen LogP contribution >= 0.6 is 11.6 Å². The van der Waals surface area contributed by atoms with Crippen LogP contribution in [0.3, 0.4) is 0 Å². The predicted molar refractivity (Wildman–Crippen MR) is 126 cm³/mol. The minimum atomic E-state index is -1.36. The summed E-state index contributed by atoms with van der Waals surface area (Å²) in [5.74, 6) is -1.64. The zero-order valence-corrected chi connectivity index (χ0v) is 19.5. The largest absolute Gasteiger partial charge is 0.481 e. The smallest absolute Gasteiger partial charge is 0.341 e. The summed E-state index contributed by atoms with van der Waals surface area (Å²) in [7, 11) is 1.42. The van der Waals surface area contributed by atoms with E-state index in [1.54, 1.807) is 16.7 Å². The molecule has 0 spiro atoms. The van der Waals surface area contributed by atoms with E-state index in [-0.39, 0.29) is 46.4 Å². The van der Waals surface area contributed by atoms with Gasteiger partial charge in [-0.05, 0) is 36.5 Å². The summed E-state index contributed by atoms with van der Waals surface area (Å²) < 4.78 is 21.6. The van der Waals surface area contributed by atoms with Crippen LogP contribution in [0.5, 0.6) is 5.88 Å². The Hall–Kier alpha value is -2.97. The number of benzene rings is 1. The maximum Gasteiger partial charge on any atom is 0.341 e. The van der Waals surface area contributed by atoms with E-state index in [2.05, 4.69) is 4.98 Å². The molecule has 2 aromatic heterocycles. The van der Waals surface area contributed by atoms with Crippen molar-refractivity contribution < 1.29 is 24.1 Å². The Morgan fingerprint density at radius 3 is 2.68 bits per heavy atom. The average molecular weight is 489 g/mol. The van der Waals surface area contributed by atoms with Crippen LogP contribution < -0.4 is 10.2 Å². The van der Waals surface area contributed by atoms with Gasteiger partial charge in [0.2, 0.25) is 11.3 Å². The van der Waals surface area contributed by atoms with Gasteiger partial charge >= 0.3 is 5.97 Å². The average Bonchev–Trinajstić information content (AvgIpc) is 2.84. The van der Waals surface area contributed by atoms with Crippen LogP contribution in [0.2, 0.25) is 5.02 Å². The SMILES string of the molecule is COc1nc2c(cc1Cc1cccc(Cl)c1F)c(=O)c(C(=O)O)cn2C(CO)C1CCCCC1. The fourth-order valence-electron chi connectivity index (χ4n) is 4.88. The minimum absolute atomic E-state index is 0.0287. The zero-order valence-electron chi connectivity index (χ0n) is 18.8. The number of aliphatic hydroxyl groups is 1. The monoisotopic (exact) mass is 488 g/mol. The predicted octanol–water partition coefficient (Wildman–Crippen LogP) is 4.60. The van der Waals surface area contributed by atoms with Gasteiger partial charge in [-0.1, -0.05) is 43.0 Å². The molecule has 0 radical (unpaired) electrons. The molecule has 0 amide bonds. The molecule has 1 atom stereocenters. The lowest BCUT2D eigenvalue weighted by Crippen LogP contribution is -2.29. The molecular formula is C25H26ClFN2O5. The molecule has 2 heterocycles. The van der Waals surface area contributed by atoms with Crippen molar-refractivity contribution in [3.05, 3.63) is 68.2 Å². The summed E-state index contributed by atoms with van der Waals surface area (Å²) in [6.07, 6.45) is 6.27. The number of ether oxygens (including phenoxy) is 1. The number of nitrogens with zero attached hydrogens (tertiary/aromatic N) is 2. The fraction of sp³-hybridized carbons (Fsp3) is 0.400. The highest BCUT2D eigenvalue weighted by Gasteiger charge is 2.28. The maximum atomic E-state index is 14.5. The van der Waals surface area contributed by atoms with Crippen LogP contribution in [0.1, 0.15) is 59.6 Å². The number of aliphatic hydroxyl groups excluding tert-OH is 1. The van der Waals surface area contributed by atoms with Crippen molar-refractivity contribution in [3.8, 4) is 5.88 Å². The second kappa shape index (κ2) is 10.1. The van der Waals surface area contributed by atoms with Gasteiger partial charge in [-0.2, -0.15) is 4.98 Å². The number of fused-ring (bicyclic) bond motifs is 1. The number of carboxylic acids is 1. The van der Waals surface area contributed by atoms with Crippen molar-refractivity contribution in [2.24, 2.45) is 5.92 Å². The minimum Gasteiger partial charge on any atom is -0.481 e. The summed E-state index contributed by atoms with van der Waals surface area (Å²) in [6.45, 7) is -0.221. The first-order valence-corrected chi connectivity index (χ1v) is 11.6. The van der Waals surface area contributed by atoms with Crippen molar-refractivity contribution in [2.75, 3.05) is 13.7 Å². The summed E-state index contributed by atoms with van der Waals surface area (Å²) in [5.41, 5.74) is -0.167. The van der Waals surface area contributed by atoms with E-state index in [0.29, 0.717) is 5.56 Å². The fourth-order valence-corrected chi connectivity index (χ4v) is 5.07. The highest BCUT2D eigenvalue weighted by molar-refractivity contribution is 6.30. The van der Waals surface area contributed by atoms with Crippen molar-refractivity contribution in [3.63, 3.8) is 0 Å². The maximum absolute atomic E-state index is 14.5. The van der Waals surface area contributed by atoms with E-state index in [1.165, 1.54) is 25.4 Å². The van der Waals surface area contributed by atoms with Crippen molar-refractivity contribution >= 4 is 28.6 Å². The number of aromatic carboxylic acids is 1. The summed E-state index contributed by atoms with van der Waals surface area (Å²) in [6, 6.07) is 5.70.